The molecule has 0 aliphatic heterocycles. The minimum Gasteiger partial charge on any atom is -0.497 e. The molecule has 0 aliphatic carbocycles. The Morgan fingerprint density at radius 1 is 1.56 bits per heavy atom. The van der Waals surface area contributed by atoms with E-state index < -0.39 is 12.0 Å². The third-order valence-corrected chi connectivity index (χ3v) is 2.98. The average Bonchev–Trinajstić information content (AvgIpc) is 2.36. The Morgan fingerprint density at radius 2 is 2.28 bits per heavy atom. The zero-order chi connectivity index (χ0) is 13.5. The van der Waals surface area contributed by atoms with Crippen molar-refractivity contribution in [2.24, 2.45) is 0 Å². The molecule has 0 saturated heterocycles. The molecule has 0 aliphatic rings. The van der Waals surface area contributed by atoms with E-state index in [0.29, 0.717) is 22.9 Å². The molecule has 0 saturated carbocycles. The fourth-order valence-electron chi connectivity index (χ4n) is 1.60. The lowest BCUT2D eigenvalue weighted by molar-refractivity contribution is -0.138. The van der Waals surface area contributed by atoms with Crippen molar-refractivity contribution >= 4 is 23.3 Å². The fourth-order valence-corrected chi connectivity index (χ4v) is 1.77. The monoisotopic (exact) mass is 271 g/mol. The first-order valence-electron chi connectivity index (χ1n) is 5.91. The number of ether oxygens (including phenoxy) is 1. The smallest absolute Gasteiger partial charge is 0.326 e. The summed E-state index contributed by atoms with van der Waals surface area (Å²) in [7, 11) is 1.55. The lowest BCUT2D eigenvalue weighted by Gasteiger charge is -2.17. The van der Waals surface area contributed by atoms with E-state index >= 15 is 0 Å². The second-order valence-electron chi connectivity index (χ2n) is 4.02. The highest BCUT2D eigenvalue weighted by Gasteiger charge is 2.17. The Kier molecular flexibility index (Phi) is 5.78. The van der Waals surface area contributed by atoms with Crippen LogP contribution in [-0.2, 0) is 4.79 Å². The first-order valence-corrected chi connectivity index (χ1v) is 6.29. The fraction of sp³-hybridized carbons (Fsp3) is 0.462. The Hall–Kier alpha value is -1.42. The largest absolute Gasteiger partial charge is 0.497 e. The van der Waals surface area contributed by atoms with Crippen LogP contribution < -0.4 is 10.1 Å². The molecule has 1 aromatic rings. The number of hydrogen-bond acceptors (Lipinski definition) is 3. The molecule has 1 rings (SSSR count). The molecule has 0 amide bonds. The Morgan fingerprint density at radius 3 is 2.83 bits per heavy atom. The number of carboxylic acids is 1. The predicted molar refractivity (Wildman–Crippen MR) is 72.6 cm³/mol. The van der Waals surface area contributed by atoms with Gasteiger partial charge in [-0.05, 0) is 18.6 Å². The van der Waals surface area contributed by atoms with Crippen LogP contribution in [0.1, 0.15) is 26.2 Å². The number of nitrogens with one attached hydrogen (secondary N) is 1. The van der Waals surface area contributed by atoms with Gasteiger partial charge in [0.2, 0.25) is 0 Å². The lowest BCUT2D eigenvalue weighted by Crippen LogP contribution is -2.29. The number of carboxylic acid groups (broad SMARTS) is 1. The third-order valence-electron chi connectivity index (χ3n) is 2.65. The van der Waals surface area contributed by atoms with Crippen LogP contribution >= 0.6 is 11.6 Å². The zero-order valence-electron chi connectivity index (χ0n) is 10.6. The van der Waals surface area contributed by atoms with E-state index in [1.165, 1.54) is 0 Å². The number of halogens is 1. The van der Waals surface area contributed by atoms with Gasteiger partial charge in [0.15, 0.2) is 0 Å². The van der Waals surface area contributed by atoms with Crippen LogP contribution in [-0.4, -0.2) is 24.2 Å². The van der Waals surface area contributed by atoms with Crippen molar-refractivity contribution in [3.8, 4) is 5.75 Å². The van der Waals surface area contributed by atoms with Crippen molar-refractivity contribution in [1.29, 1.82) is 0 Å². The topological polar surface area (TPSA) is 58.6 Å². The number of methoxy groups -OCH3 is 1. The number of anilines is 1. The first-order chi connectivity index (χ1) is 8.58. The van der Waals surface area contributed by atoms with E-state index in [0.717, 1.165) is 12.8 Å². The highest BCUT2D eigenvalue weighted by atomic mass is 35.5. The SMILES string of the molecule is CCCCC(Nc1cc(OC)ccc1Cl)C(=O)O. The molecule has 1 aromatic carbocycles. The summed E-state index contributed by atoms with van der Waals surface area (Å²) >= 11 is 6.03. The number of unbranched alkanes of at least 4 members (excludes halogenated alkanes) is 1. The van der Waals surface area contributed by atoms with Gasteiger partial charge in [0, 0.05) is 6.07 Å². The molecule has 0 heterocycles. The summed E-state index contributed by atoms with van der Waals surface area (Å²) in [4.78, 5) is 11.1. The maximum Gasteiger partial charge on any atom is 0.326 e. The van der Waals surface area contributed by atoms with E-state index in [4.69, 9.17) is 21.4 Å². The summed E-state index contributed by atoms with van der Waals surface area (Å²) in [5.41, 5.74) is 0.583. The minimum atomic E-state index is -0.873. The van der Waals surface area contributed by atoms with Gasteiger partial charge < -0.3 is 15.2 Å². The second-order valence-corrected chi connectivity index (χ2v) is 4.43. The van der Waals surface area contributed by atoms with Gasteiger partial charge in [0.1, 0.15) is 11.8 Å². The number of aliphatic carboxylic acids is 1. The van der Waals surface area contributed by atoms with Crippen LogP contribution in [0.5, 0.6) is 5.75 Å². The van der Waals surface area contributed by atoms with Gasteiger partial charge in [0.25, 0.3) is 0 Å². The molecule has 0 radical (unpaired) electrons. The standard InChI is InChI=1S/C13H18ClNO3/c1-3-4-5-11(13(16)17)15-12-8-9(18-2)6-7-10(12)14/h6-8,11,15H,3-5H2,1-2H3,(H,16,17). The highest BCUT2D eigenvalue weighted by Crippen LogP contribution is 2.27. The normalized spacial score (nSPS) is 11.9. The molecule has 5 heteroatoms. The van der Waals surface area contributed by atoms with Gasteiger partial charge in [-0.15, -0.1) is 0 Å². The van der Waals surface area contributed by atoms with Crippen molar-refractivity contribution in [2.45, 2.75) is 32.2 Å². The summed E-state index contributed by atoms with van der Waals surface area (Å²) < 4.78 is 5.09. The van der Waals surface area contributed by atoms with Crippen LogP contribution in [0, 0.1) is 0 Å². The molecule has 4 nitrogen and oxygen atoms in total. The second kappa shape index (κ2) is 7.11. The van der Waals surface area contributed by atoms with Crippen LogP contribution in [0.3, 0.4) is 0 Å². The van der Waals surface area contributed by atoms with Crippen LogP contribution in [0.25, 0.3) is 0 Å². The van der Waals surface area contributed by atoms with Crippen LogP contribution in [0.2, 0.25) is 5.02 Å². The Balaban J connectivity index is 2.82. The molecular weight excluding hydrogens is 254 g/mol. The van der Waals surface area contributed by atoms with Gasteiger partial charge in [-0.1, -0.05) is 31.4 Å². The molecule has 100 valence electrons. The molecule has 18 heavy (non-hydrogen) atoms. The summed E-state index contributed by atoms with van der Waals surface area (Å²) in [6.45, 7) is 2.03. The molecular formula is C13H18ClNO3. The van der Waals surface area contributed by atoms with E-state index in [1.807, 2.05) is 6.92 Å². The summed E-state index contributed by atoms with van der Waals surface area (Å²) in [6, 6.07) is 4.48. The predicted octanol–water partition coefficient (Wildman–Crippen LogP) is 3.40. The van der Waals surface area contributed by atoms with E-state index in [9.17, 15) is 4.79 Å². The minimum absolute atomic E-state index is 0.485. The molecule has 1 unspecified atom stereocenters. The number of benzene rings is 1. The third kappa shape index (κ3) is 4.11. The average molecular weight is 272 g/mol. The summed E-state index contributed by atoms with van der Waals surface area (Å²) in [6.07, 6.45) is 2.38. The molecule has 0 bridgehead atoms. The van der Waals surface area contributed by atoms with Crippen molar-refractivity contribution < 1.29 is 14.6 Å². The maximum absolute atomic E-state index is 11.1. The Labute approximate surface area is 112 Å². The van der Waals surface area contributed by atoms with E-state index in [-0.39, 0.29) is 0 Å². The number of rotatable bonds is 7. The zero-order valence-corrected chi connectivity index (χ0v) is 11.3. The highest BCUT2D eigenvalue weighted by molar-refractivity contribution is 6.33. The van der Waals surface area contributed by atoms with Crippen LogP contribution in [0.4, 0.5) is 5.69 Å². The van der Waals surface area contributed by atoms with Crippen molar-refractivity contribution in [3.63, 3.8) is 0 Å². The van der Waals surface area contributed by atoms with Crippen LogP contribution in [0.15, 0.2) is 18.2 Å². The molecule has 0 fully saturated rings. The van der Waals surface area contributed by atoms with Gasteiger partial charge in [0.05, 0.1) is 17.8 Å². The molecule has 1 atom stereocenters. The van der Waals surface area contributed by atoms with Crippen molar-refractivity contribution in [3.05, 3.63) is 23.2 Å². The van der Waals surface area contributed by atoms with Crippen molar-refractivity contribution in [2.75, 3.05) is 12.4 Å². The summed E-state index contributed by atoms with van der Waals surface area (Å²) in [5.74, 6) is -0.233. The molecule has 0 spiro atoms. The van der Waals surface area contributed by atoms with E-state index in [2.05, 4.69) is 5.32 Å². The van der Waals surface area contributed by atoms with Gasteiger partial charge >= 0.3 is 5.97 Å². The maximum atomic E-state index is 11.1. The lowest BCUT2D eigenvalue weighted by atomic mass is 10.1. The summed E-state index contributed by atoms with van der Waals surface area (Å²) in [5, 5.41) is 12.6. The van der Waals surface area contributed by atoms with Crippen molar-refractivity contribution in [1.82, 2.24) is 0 Å². The number of carbonyl (C=O) groups is 1. The quantitative estimate of drug-likeness (QED) is 0.798. The molecule has 2 N–H and O–H groups in total. The Bertz CT molecular complexity index is 409. The molecule has 0 aromatic heterocycles. The van der Waals surface area contributed by atoms with E-state index in [1.54, 1.807) is 25.3 Å². The van der Waals surface area contributed by atoms with Gasteiger partial charge in [-0.25, -0.2) is 4.79 Å². The number of hydrogen-bond donors (Lipinski definition) is 2. The van der Waals surface area contributed by atoms with Gasteiger partial charge in [-0.2, -0.15) is 0 Å². The van der Waals surface area contributed by atoms with Gasteiger partial charge in [-0.3, -0.25) is 0 Å². The first kappa shape index (κ1) is 14.6.